The van der Waals surface area contributed by atoms with Crippen molar-refractivity contribution in [1.29, 1.82) is 0 Å². The number of hydrogen-bond acceptors (Lipinski definition) is 7. The van der Waals surface area contributed by atoms with Crippen LogP contribution in [0.5, 0.6) is 5.75 Å². The topological polar surface area (TPSA) is 169 Å². The molecule has 11 nitrogen and oxygen atoms in total. The number of Topliss-reactive ketones (excluding diaryl/α,β-unsaturated/α-hetero) is 1. The van der Waals surface area contributed by atoms with Gasteiger partial charge < -0.3 is 31.7 Å². The molecule has 0 saturated carbocycles. The molecule has 0 heterocycles. The smallest absolute Gasteiger partial charge is 0.405 e. The monoisotopic (exact) mass is 753 g/mol. The summed E-state index contributed by atoms with van der Waals surface area (Å²) in [4.78, 5) is 65.9. The highest BCUT2D eigenvalue weighted by atomic mass is 35.5. The van der Waals surface area contributed by atoms with E-state index >= 15 is 0 Å². The first-order valence-electron chi connectivity index (χ1n) is 15.7. The minimum Gasteiger partial charge on any atom is -0.497 e. The molecule has 3 rings (SSSR count). The van der Waals surface area contributed by atoms with Crippen LogP contribution in [0.4, 0.5) is 22.0 Å². The van der Waals surface area contributed by atoms with Crippen molar-refractivity contribution in [2.45, 2.75) is 57.0 Å². The molecule has 3 aromatic rings. The van der Waals surface area contributed by atoms with Crippen LogP contribution in [0.3, 0.4) is 0 Å². The molecule has 0 aromatic heterocycles. The summed E-state index contributed by atoms with van der Waals surface area (Å²) in [6.45, 7) is 0.638. The van der Waals surface area contributed by atoms with Gasteiger partial charge in [-0.25, -0.2) is 0 Å². The number of ketones is 1. The number of carbonyl (C=O) groups excluding carboxylic acids is 5. The zero-order valence-corrected chi connectivity index (χ0v) is 28.9. The van der Waals surface area contributed by atoms with E-state index in [0.29, 0.717) is 11.3 Å². The fourth-order valence-electron chi connectivity index (χ4n) is 4.84. The van der Waals surface area contributed by atoms with Crippen LogP contribution in [-0.2, 0) is 32.1 Å². The summed E-state index contributed by atoms with van der Waals surface area (Å²) < 4.78 is 72.6. The van der Waals surface area contributed by atoms with Gasteiger partial charge in [0.15, 0.2) is 0 Å². The van der Waals surface area contributed by atoms with E-state index in [9.17, 15) is 45.9 Å². The van der Waals surface area contributed by atoms with E-state index < -0.39 is 72.1 Å². The van der Waals surface area contributed by atoms with Crippen molar-refractivity contribution >= 4 is 41.0 Å². The lowest BCUT2D eigenvalue weighted by Crippen LogP contribution is -2.58. The highest BCUT2D eigenvalue weighted by Gasteiger charge is 2.52. The molecule has 0 bridgehead atoms. The summed E-state index contributed by atoms with van der Waals surface area (Å²) in [7, 11) is 1.37. The molecule has 0 unspecified atom stereocenters. The zero-order chi connectivity index (χ0) is 38.8. The second-order valence-electron chi connectivity index (χ2n) is 11.9. The van der Waals surface area contributed by atoms with Gasteiger partial charge in [0.25, 0.3) is 11.8 Å². The first kappa shape index (κ1) is 41.3. The lowest BCUT2D eigenvalue weighted by molar-refractivity contribution is -0.165. The second-order valence-corrected chi connectivity index (χ2v) is 12.4. The number of nitrogens with one attached hydrogen (secondary N) is 4. The van der Waals surface area contributed by atoms with E-state index in [0.717, 1.165) is 10.9 Å². The van der Waals surface area contributed by atoms with Crippen molar-refractivity contribution in [2.75, 3.05) is 13.7 Å². The summed E-state index contributed by atoms with van der Waals surface area (Å²) in [5.41, 5.74) is 7.27. The summed E-state index contributed by atoms with van der Waals surface area (Å²) in [5.74, 6) is -13.2. The molecule has 4 amide bonds. The van der Waals surface area contributed by atoms with Gasteiger partial charge in [0.2, 0.25) is 17.6 Å². The van der Waals surface area contributed by atoms with Crippen molar-refractivity contribution < 1.29 is 50.7 Å². The first-order valence-corrected chi connectivity index (χ1v) is 16.1. The standard InChI is InChI=1S/C35H37ClF5N5O6/c1-19(2)27(29(47)35(40,41)33(51)43-18-34(37,38)39)45-32(50)28(22-11-13-25(52-3)14-12-22)46-31(49)26(15-20-7-9-21(17-42)10-8-20)44-30(48)23-5-4-6-24(36)16-23/h4-14,16,19,26-28H,15,17-18,42H2,1-3H3,(H,43,51)(H,44,48)(H,45,50)(H,46,49)/t26-,27-,28-/m0/s1. The Balaban J connectivity index is 1.97. The molecule has 0 saturated heterocycles. The number of amides is 4. The molecule has 0 radical (unpaired) electrons. The molecule has 0 aliphatic heterocycles. The Morgan fingerprint density at radius 2 is 1.44 bits per heavy atom. The van der Waals surface area contributed by atoms with E-state index in [1.807, 2.05) is 0 Å². The van der Waals surface area contributed by atoms with Crippen LogP contribution in [0, 0.1) is 5.92 Å². The van der Waals surface area contributed by atoms with Crippen LogP contribution in [-0.4, -0.2) is 67.2 Å². The molecular weight excluding hydrogens is 717 g/mol. The van der Waals surface area contributed by atoms with E-state index in [4.69, 9.17) is 22.1 Å². The summed E-state index contributed by atoms with van der Waals surface area (Å²) >= 11 is 6.04. The first-order chi connectivity index (χ1) is 24.4. The van der Waals surface area contributed by atoms with Crippen LogP contribution in [0.25, 0.3) is 0 Å². The molecule has 280 valence electrons. The molecule has 3 aromatic carbocycles. The summed E-state index contributed by atoms with van der Waals surface area (Å²) in [5, 5.41) is 8.48. The van der Waals surface area contributed by atoms with Crippen LogP contribution in [0.15, 0.2) is 72.8 Å². The van der Waals surface area contributed by atoms with Gasteiger partial charge in [-0.1, -0.05) is 67.9 Å². The number of hydrogen-bond donors (Lipinski definition) is 5. The highest BCUT2D eigenvalue weighted by molar-refractivity contribution is 6.31. The maximum atomic E-state index is 14.9. The van der Waals surface area contributed by atoms with E-state index in [1.165, 1.54) is 63.4 Å². The molecule has 17 heteroatoms. The number of alkyl halides is 5. The quantitative estimate of drug-likeness (QED) is 0.109. The van der Waals surface area contributed by atoms with Crippen LogP contribution >= 0.6 is 11.6 Å². The number of ether oxygens (including phenoxy) is 1. The van der Waals surface area contributed by atoms with Gasteiger partial charge in [0.05, 0.1) is 13.2 Å². The van der Waals surface area contributed by atoms with Crippen LogP contribution in [0.2, 0.25) is 5.02 Å². The highest BCUT2D eigenvalue weighted by Crippen LogP contribution is 2.24. The Hall–Kier alpha value is -5.09. The Morgan fingerprint density at radius 1 is 0.827 bits per heavy atom. The summed E-state index contributed by atoms with van der Waals surface area (Å²) in [6, 6.07) is 13.2. The fourth-order valence-corrected chi connectivity index (χ4v) is 5.03. The van der Waals surface area contributed by atoms with Gasteiger partial charge in [-0.15, -0.1) is 0 Å². The third kappa shape index (κ3) is 11.5. The van der Waals surface area contributed by atoms with Crippen LogP contribution < -0.4 is 31.7 Å². The molecular formula is C35H37ClF5N5O6. The van der Waals surface area contributed by atoms with Gasteiger partial charge in [-0.3, -0.25) is 24.0 Å². The SMILES string of the molecule is COc1ccc([C@H](NC(=O)[C@H](Cc2ccc(CN)cc2)NC(=O)c2cccc(Cl)c2)C(=O)N[C@H](C(=O)C(F)(F)C(=O)NCC(F)(F)F)C(C)C)cc1. The third-order valence-corrected chi connectivity index (χ3v) is 7.93. The lowest BCUT2D eigenvalue weighted by atomic mass is 9.94. The molecule has 0 fully saturated rings. The average Bonchev–Trinajstić information content (AvgIpc) is 3.10. The van der Waals surface area contributed by atoms with Crippen molar-refractivity contribution in [3.8, 4) is 5.75 Å². The fraction of sp³-hybridized carbons (Fsp3) is 0.343. The molecule has 0 spiro atoms. The molecule has 0 aliphatic rings. The van der Waals surface area contributed by atoms with Gasteiger partial charge >= 0.3 is 12.1 Å². The van der Waals surface area contributed by atoms with Gasteiger partial charge in [-0.05, 0) is 52.9 Å². The maximum absolute atomic E-state index is 14.9. The van der Waals surface area contributed by atoms with E-state index in [1.54, 1.807) is 30.3 Å². The van der Waals surface area contributed by atoms with E-state index in [-0.39, 0.29) is 29.1 Å². The van der Waals surface area contributed by atoms with Crippen LogP contribution in [0.1, 0.15) is 46.9 Å². The maximum Gasteiger partial charge on any atom is 0.405 e. The molecule has 6 N–H and O–H groups in total. The Bertz CT molecular complexity index is 1740. The number of rotatable bonds is 16. The number of nitrogens with two attached hydrogens (primary N) is 1. The second kappa shape index (κ2) is 17.9. The van der Waals surface area contributed by atoms with Gasteiger partial charge in [-0.2, -0.15) is 22.0 Å². The van der Waals surface area contributed by atoms with Gasteiger partial charge in [0, 0.05) is 23.6 Å². The van der Waals surface area contributed by atoms with Gasteiger partial charge in [0.1, 0.15) is 24.4 Å². The predicted molar refractivity (Wildman–Crippen MR) is 180 cm³/mol. The normalized spacial score (nSPS) is 13.4. The Kier molecular flexibility index (Phi) is 14.2. The minimum absolute atomic E-state index is 0.0866. The predicted octanol–water partition coefficient (Wildman–Crippen LogP) is 4.03. The lowest BCUT2D eigenvalue weighted by Gasteiger charge is -2.28. The van der Waals surface area contributed by atoms with Crippen molar-refractivity contribution in [1.82, 2.24) is 21.3 Å². The average molecular weight is 754 g/mol. The molecule has 52 heavy (non-hydrogen) atoms. The molecule has 3 atom stereocenters. The van der Waals surface area contributed by atoms with Crippen molar-refractivity contribution in [3.63, 3.8) is 0 Å². The Morgan fingerprint density at radius 3 is 1.98 bits per heavy atom. The number of carbonyl (C=O) groups is 5. The van der Waals surface area contributed by atoms with Crippen molar-refractivity contribution in [2.24, 2.45) is 11.7 Å². The number of halogens is 6. The third-order valence-electron chi connectivity index (χ3n) is 7.70. The minimum atomic E-state index is -5.04. The summed E-state index contributed by atoms with van der Waals surface area (Å²) in [6.07, 6.45) is -5.13. The largest absolute Gasteiger partial charge is 0.497 e. The number of methoxy groups -OCH3 is 1. The zero-order valence-electron chi connectivity index (χ0n) is 28.2. The number of benzene rings is 3. The molecule has 0 aliphatic carbocycles. The van der Waals surface area contributed by atoms with Crippen molar-refractivity contribution in [3.05, 3.63) is 100 Å². The van der Waals surface area contributed by atoms with E-state index in [2.05, 4.69) is 16.0 Å². The Labute approximate surface area is 300 Å².